The Morgan fingerprint density at radius 3 is 2.62 bits per heavy atom. The highest BCUT2D eigenvalue weighted by Gasteiger charge is 2.38. The van der Waals surface area contributed by atoms with Gasteiger partial charge in [-0.1, -0.05) is 17.7 Å². The van der Waals surface area contributed by atoms with E-state index < -0.39 is 0 Å². The van der Waals surface area contributed by atoms with Gasteiger partial charge in [0.05, 0.1) is 23.2 Å². The number of rotatable bonds is 6. The molecule has 2 N–H and O–H groups in total. The lowest BCUT2D eigenvalue weighted by Crippen LogP contribution is -2.40. The SMILES string of the molecule is CCN(CC)C(=O)CN1Cc2nc(C)c(CN)c(C3CCC(Cl)C=C3Cl)c2C1=O. The second-order valence-electron chi connectivity index (χ2n) is 7.54. The van der Waals surface area contributed by atoms with Crippen LogP contribution in [0.3, 0.4) is 0 Å². The summed E-state index contributed by atoms with van der Waals surface area (Å²) < 4.78 is 0. The second-order valence-corrected chi connectivity index (χ2v) is 8.54. The normalized spacial score (nSPS) is 21.2. The Hall–Kier alpha value is -1.63. The van der Waals surface area contributed by atoms with Crippen LogP contribution in [0.1, 0.15) is 65.5 Å². The molecular formula is C21H28Cl2N4O2. The number of hydrogen-bond acceptors (Lipinski definition) is 4. The first-order valence-electron chi connectivity index (χ1n) is 10.1. The quantitative estimate of drug-likeness (QED) is 0.690. The van der Waals surface area contributed by atoms with Crippen LogP contribution in [-0.4, -0.2) is 51.6 Å². The van der Waals surface area contributed by atoms with E-state index in [0.29, 0.717) is 35.9 Å². The van der Waals surface area contributed by atoms with Crippen LogP contribution >= 0.6 is 23.2 Å². The maximum Gasteiger partial charge on any atom is 0.256 e. The molecule has 2 atom stereocenters. The Labute approximate surface area is 182 Å². The molecule has 6 nitrogen and oxygen atoms in total. The van der Waals surface area contributed by atoms with Crippen LogP contribution in [-0.2, 0) is 17.9 Å². The summed E-state index contributed by atoms with van der Waals surface area (Å²) in [5.41, 5.74) is 9.84. The van der Waals surface area contributed by atoms with Gasteiger partial charge in [-0.05, 0) is 44.7 Å². The summed E-state index contributed by atoms with van der Waals surface area (Å²) in [7, 11) is 0. The van der Waals surface area contributed by atoms with Crippen LogP contribution in [0.4, 0.5) is 0 Å². The van der Waals surface area contributed by atoms with Crippen LogP contribution in [0.15, 0.2) is 11.1 Å². The van der Waals surface area contributed by atoms with E-state index in [4.69, 9.17) is 28.9 Å². The lowest BCUT2D eigenvalue weighted by atomic mass is 9.82. The molecular weight excluding hydrogens is 411 g/mol. The molecule has 0 spiro atoms. The van der Waals surface area contributed by atoms with E-state index in [2.05, 4.69) is 4.98 Å². The fourth-order valence-corrected chi connectivity index (χ4v) is 5.02. The summed E-state index contributed by atoms with van der Waals surface area (Å²) in [6.07, 6.45) is 3.37. The summed E-state index contributed by atoms with van der Waals surface area (Å²) in [6.45, 7) is 7.65. The van der Waals surface area contributed by atoms with E-state index in [-0.39, 0.29) is 36.2 Å². The van der Waals surface area contributed by atoms with Gasteiger partial charge in [0.1, 0.15) is 6.54 Å². The van der Waals surface area contributed by atoms with Gasteiger partial charge in [-0.2, -0.15) is 0 Å². The summed E-state index contributed by atoms with van der Waals surface area (Å²) in [5.74, 6) is -0.354. The van der Waals surface area contributed by atoms with Gasteiger partial charge in [-0.15, -0.1) is 11.6 Å². The molecule has 8 heteroatoms. The van der Waals surface area contributed by atoms with Crippen molar-refractivity contribution in [2.75, 3.05) is 19.6 Å². The van der Waals surface area contributed by atoms with Crippen molar-refractivity contribution in [1.82, 2.24) is 14.8 Å². The Morgan fingerprint density at radius 2 is 2.03 bits per heavy atom. The number of alkyl halides is 1. The first-order chi connectivity index (χ1) is 13.8. The van der Waals surface area contributed by atoms with Crippen LogP contribution in [0.5, 0.6) is 0 Å². The number of amides is 2. The highest BCUT2D eigenvalue weighted by Crippen LogP contribution is 2.43. The number of allylic oxidation sites excluding steroid dienone is 2. The maximum atomic E-state index is 13.3. The molecule has 1 aromatic rings. The number of aromatic nitrogens is 1. The van der Waals surface area contributed by atoms with Crippen molar-refractivity contribution in [3.63, 3.8) is 0 Å². The molecule has 158 valence electrons. The van der Waals surface area contributed by atoms with E-state index >= 15 is 0 Å². The Bertz CT molecular complexity index is 852. The Balaban J connectivity index is 2.01. The molecule has 2 aliphatic rings. The molecule has 3 rings (SSSR count). The number of aryl methyl sites for hydroxylation is 1. The monoisotopic (exact) mass is 438 g/mol. The van der Waals surface area contributed by atoms with Gasteiger partial charge in [0.15, 0.2) is 0 Å². The molecule has 2 unspecified atom stereocenters. The molecule has 0 radical (unpaired) electrons. The van der Waals surface area contributed by atoms with Gasteiger partial charge < -0.3 is 15.5 Å². The fourth-order valence-electron chi connectivity index (χ4n) is 4.32. The first-order valence-corrected chi connectivity index (χ1v) is 10.9. The topological polar surface area (TPSA) is 79.5 Å². The number of carbonyl (C=O) groups is 2. The zero-order valence-electron chi connectivity index (χ0n) is 17.2. The average molecular weight is 439 g/mol. The van der Waals surface area contributed by atoms with Gasteiger partial charge >= 0.3 is 0 Å². The summed E-state index contributed by atoms with van der Waals surface area (Å²) in [4.78, 5) is 33.9. The highest BCUT2D eigenvalue weighted by atomic mass is 35.5. The fraction of sp³-hybridized carbons (Fsp3) is 0.571. The maximum absolute atomic E-state index is 13.3. The number of hydrogen-bond donors (Lipinski definition) is 1. The molecule has 29 heavy (non-hydrogen) atoms. The van der Waals surface area contributed by atoms with Crippen LogP contribution in [0.2, 0.25) is 0 Å². The van der Waals surface area contributed by atoms with E-state index in [0.717, 1.165) is 29.7 Å². The van der Waals surface area contributed by atoms with Crippen molar-refractivity contribution in [2.45, 2.75) is 58.0 Å². The van der Waals surface area contributed by atoms with Crippen molar-refractivity contribution in [3.8, 4) is 0 Å². The third-order valence-corrected chi connectivity index (χ3v) is 6.60. The van der Waals surface area contributed by atoms with Crippen molar-refractivity contribution < 1.29 is 9.59 Å². The van der Waals surface area contributed by atoms with Gasteiger partial charge in [0, 0.05) is 36.3 Å². The number of likely N-dealkylation sites (N-methyl/N-ethyl adjacent to an activating group) is 1. The van der Waals surface area contributed by atoms with Gasteiger partial charge in [-0.3, -0.25) is 14.6 Å². The molecule has 1 aliphatic carbocycles. The molecule has 0 bridgehead atoms. The average Bonchev–Trinajstić information content (AvgIpc) is 2.97. The van der Waals surface area contributed by atoms with Crippen molar-refractivity contribution in [1.29, 1.82) is 0 Å². The van der Waals surface area contributed by atoms with E-state index in [1.807, 2.05) is 26.8 Å². The standard InChI is InChI=1S/C21H28Cl2N4O2/c1-4-26(5-2)18(28)11-27-10-17-20(21(27)29)19(15(9-24)12(3)25-17)14-7-6-13(22)8-16(14)23/h8,13-14H,4-7,9-11,24H2,1-3H3. The molecule has 1 aromatic heterocycles. The van der Waals surface area contributed by atoms with E-state index in [1.54, 1.807) is 9.80 Å². The van der Waals surface area contributed by atoms with Crippen molar-refractivity contribution in [2.24, 2.45) is 5.73 Å². The molecule has 2 heterocycles. The number of nitrogens with two attached hydrogens (primary N) is 1. The predicted molar refractivity (Wildman–Crippen MR) is 115 cm³/mol. The van der Waals surface area contributed by atoms with Gasteiger partial charge in [0.2, 0.25) is 5.91 Å². The van der Waals surface area contributed by atoms with Gasteiger partial charge in [-0.25, -0.2) is 0 Å². The highest BCUT2D eigenvalue weighted by molar-refractivity contribution is 6.32. The molecule has 1 aliphatic heterocycles. The Morgan fingerprint density at radius 1 is 1.34 bits per heavy atom. The number of halogens is 2. The smallest absolute Gasteiger partial charge is 0.256 e. The van der Waals surface area contributed by atoms with E-state index in [9.17, 15) is 9.59 Å². The number of pyridine rings is 1. The van der Waals surface area contributed by atoms with Crippen molar-refractivity contribution >= 4 is 35.0 Å². The van der Waals surface area contributed by atoms with Gasteiger partial charge in [0.25, 0.3) is 5.91 Å². The third-order valence-electron chi connectivity index (χ3n) is 5.86. The van der Waals surface area contributed by atoms with Crippen molar-refractivity contribution in [3.05, 3.63) is 39.2 Å². The summed E-state index contributed by atoms with van der Waals surface area (Å²) >= 11 is 12.8. The first kappa shape index (κ1) is 22.1. The lowest BCUT2D eigenvalue weighted by molar-refractivity contribution is -0.131. The molecule has 0 saturated heterocycles. The lowest BCUT2D eigenvalue weighted by Gasteiger charge is -2.27. The Kier molecular flexibility index (Phi) is 6.87. The van der Waals surface area contributed by atoms with Crippen LogP contribution in [0.25, 0.3) is 0 Å². The third kappa shape index (κ3) is 4.16. The summed E-state index contributed by atoms with van der Waals surface area (Å²) in [5, 5.41) is 0.541. The number of nitrogens with zero attached hydrogens (tertiary/aromatic N) is 3. The zero-order valence-corrected chi connectivity index (χ0v) is 18.7. The summed E-state index contributed by atoms with van der Waals surface area (Å²) in [6, 6.07) is 0. The molecule has 0 saturated carbocycles. The minimum absolute atomic E-state index is 0.0469. The zero-order chi connectivity index (χ0) is 21.3. The number of carbonyl (C=O) groups excluding carboxylic acids is 2. The number of fused-ring (bicyclic) bond motifs is 1. The second kappa shape index (κ2) is 9.02. The van der Waals surface area contributed by atoms with E-state index in [1.165, 1.54) is 0 Å². The van der Waals surface area contributed by atoms with Crippen LogP contribution in [0, 0.1) is 6.92 Å². The largest absolute Gasteiger partial charge is 0.342 e. The molecule has 2 amide bonds. The van der Waals surface area contributed by atoms with Crippen LogP contribution < -0.4 is 5.73 Å². The minimum Gasteiger partial charge on any atom is -0.342 e. The minimum atomic E-state index is -0.171. The molecule has 0 aromatic carbocycles. The predicted octanol–water partition coefficient (Wildman–Crippen LogP) is 3.28. The molecule has 0 fully saturated rings.